The summed E-state index contributed by atoms with van der Waals surface area (Å²) < 4.78 is 12.2. The molecule has 140 valence electrons. The Morgan fingerprint density at radius 3 is 2.81 bits per heavy atom. The number of aromatic nitrogens is 2. The van der Waals surface area contributed by atoms with Crippen LogP contribution in [-0.4, -0.2) is 71.4 Å². The SMILES string of the molecule is Cc1nc(CN2CCOC[C@]3(CN(Cc4cccnc4)CCO3)C2)cs1. The Hall–Kier alpha value is -1.38. The van der Waals surface area contributed by atoms with Crippen LogP contribution < -0.4 is 0 Å². The fourth-order valence-corrected chi connectivity index (χ4v) is 4.42. The molecule has 1 atom stereocenters. The number of rotatable bonds is 4. The molecule has 0 radical (unpaired) electrons. The summed E-state index contributed by atoms with van der Waals surface area (Å²) in [4.78, 5) is 13.7. The minimum Gasteiger partial charge on any atom is -0.377 e. The van der Waals surface area contributed by atoms with Crippen LogP contribution in [0.3, 0.4) is 0 Å². The van der Waals surface area contributed by atoms with Crippen molar-refractivity contribution in [2.24, 2.45) is 0 Å². The normalized spacial score (nSPS) is 25.4. The quantitative estimate of drug-likeness (QED) is 0.815. The summed E-state index contributed by atoms with van der Waals surface area (Å²) in [6.45, 7) is 9.61. The molecule has 2 fully saturated rings. The third-order valence-corrected chi connectivity index (χ3v) is 5.76. The van der Waals surface area contributed by atoms with Gasteiger partial charge in [0.2, 0.25) is 0 Å². The highest BCUT2D eigenvalue weighted by molar-refractivity contribution is 7.09. The van der Waals surface area contributed by atoms with Crippen LogP contribution in [0.5, 0.6) is 0 Å². The fourth-order valence-electron chi connectivity index (χ4n) is 3.82. The molecular formula is C19H26N4O2S. The number of hydrogen-bond acceptors (Lipinski definition) is 7. The second-order valence-corrected chi connectivity index (χ2v) is 8.29. The first-order valence-electron chi connectivity index (χ1n) is 9.17. The van der Waals surface area contributed by atoms with Gasteiger partial charge in [-0.3, -0.25) is 14.8 Å². The van der Waals surface area contributed by atoms with Gasteiger partial charge < -0.3 is 9.47 Å². The molecule has 0 saturated carbocycles. The van der Waals surface area contributed by atoms with Gasteiger partial charge in [-0.25, -0.2) is 4.98 Å². The van der Waals surface area contributed by atoms with Gasteiger partial charge in [0.15, 0.2) is 0 Å². The Labute approximate surface area is 158 Å². The first kappa shape index (κ1) is 18.0. The summed E-state index contributed by atoms with van der Waals surface area (Å²) in [6, 6.07) is 4.13. The van der Waals surface area contributed by atoms with E-state index < -0.39 is 0 Å². The first-order valence-corrected chi connectivity index (χ1v) is 10.1. The lowest BCUT2D eigenvalue weighted by molar-refractivity contribution is -0.143. The molecule has 7 heteroatoms. The highest BCUT2D eigenvalue weighted by Gasteiger charge is 2.40. The van der Waals surface area contributed by atoms with Crippen LogP contribution in [0.25, 0.3) is 0 Å². The average Bonchev–Trinajstić information content (AvgIpc) is 2.94. The summed E-state index contributed by atoms with van der Waals surface area (Å²) >= 11 is 1.71. The van der Waals surface area contributed by atoms with Gasteiger partial charge in [0.1, 0.15) is 5.60 Å². The Morgan fingerprint density at radius 1 is 1.19 bits per heavy atom. The van der Waals surface area contributed by atoms with Crippen LogP contribution in [-0.2, 0) is 22.6 Å². The molecule has 0 bridgehead atoms. The maximum Gasteiger partial charge on any atom is 0.117 e. The fraction of sp³-hybridized carbons (Fsp3) is 0.579. The molecule has 0 unspecified atom stereocenters. The van der Waals surface area contributed by atoms with Crippen molar-refractivity contribution in [2.75, 3.05) is 46.0 Å². The minimum atomic E-state index is -0.262. The van der Waals surface area contributed by atoms with Crippen molar-refractivity contribution in [1.29, 1.82) is 0 Å². The lowest BCUT2D eigenvalue weighted by Crippen LogP contribution is -2.58. The molecule has 2 aromatic heterocycles. The summed E-state index contributed by atoms with van der Waals surface area (Å²) in [5.41, 5.74) is 2.13. The van der Waals surface area contributed by atoms with Crippen molar-refractivity contribution in [3.8, 4) is 0 Å². The van der Waals surface area contributed by atoms with Gasteiger partial charge in [0, 0.05) is 57.0 Å². The summed E-state index contributed by atoms with van der Waals surface area (Å²) in [5.74, 6) is 0. The van der Waals surface area contributed by atoms with Gasteiger partial charge in [0.25, 0.3) is 0 Å². The van der Waals surface area contributed by atoms with Crippen LogP contribution in [0.2, 0.25) is 0 Å². The molecule has 1 spiro atoms. The maximum atomic E-state index is 6.29. The standard InChI is InChI=1S/C19H26N4O2S/c1-16-21-18(12-26-16)11-23-5-7-24-15-19(14-23)13-22(6-8-25-19)10-17-3-2-4-20-9-17/h2-4,9,12H,5-8,10-11,13-15H2,1H3/t19-/m0/s1. The number of pyridine rings is 1. The number of hydrogen-bond donors (Lipinski definition) is 0. The zero-order valence-corrected chi connectivity index (χ0v) is 16.1. The minimum absolute atomic E-state index is 0.262. The molecule has 0 N–H and O–H groups in total. The molecule has 0 amide bonds. The van der Waals surface area contributed by atoms with E-state index in [2.05, 4.69) is 38.1 Å². The lowest BCUT2D eigenvalue weighted by Gasteiger charge is -2.43. The molecule has 4 rings (SSSR count). The topological polar surface area (TPSA) is 50.7 Å². The average molecular weight is 375 g/mol. The first-order chi connectivity index (χ1) is 12.7. The van der Waals surface area contributed by atoms with Gasteiger partial charge in [-0.15, -0.1) is 11.3 Å². The Bertz CT molecular complexity index is 711. The van der Waals surface area contributed by atoms with Gasteiger partial charge in [-0.05, 0) is 18.6 Å². The van der Waals surface area contributed by atoms with E-state index >= 15 is 0 Å². The lowest BCUT2D eigenvalue weighted by atomic mass is 10.0. The molecule has 2 aliphatic rings. The van der Waals surface area contributed by atoms with Crippen molar-refractivity contribution < 1.29 is 9.47 Å². The Kier molecular flexibility index (Phi) is 5.61. The summed E-state index contributed by atoms with van der Waals surface area (Å²) in [6.07, 6.45) is 3.77. The third-order valence-electron chi connectivity index (χ3n) is 4.94. The van der Waals surface area contributed by atoms with Crippen LogP contribution in [0.4, 0.5) is 0 Å². The van der Waals surface area contributed by atoms with E-state index in [0.29, 0.717) is 6.61 Å². The zero-order chi connectivity index (χ0) is 17.8. The number of thiazole rings is 1. The number of ether oxygens (including phenoxy) is 2. The largest absolute Gasteiger partial charge is 0.377 e. The third kappa shape index (κ3) is 4.47. The van der Waals surface area contributed by atoms with Crippen molar-refractivity contribution in [3.63, 3.8) is 0 Å². The molecule has 0 aliphatic carbocycles. The van der Waals surface area contributed by atoms with Gasteiger partial charge in [0.05, 0.1) is 30.5 Å². The monoisotopic (exact) mass is 374 g/mol. The summed E-state index contributed by atoms with van der Waals surface area (Å²) in [7, 11) is 0. The molecule has 2 saturated heterocycles. The molecule has 2 aliphatic heterocycles. The van der Waals surface area contributed by atoms with Crippen molar-refractivity contribution in [2.45, 2.75) is 25.6 Å². The molecule has 4 heterocycles. The summed E-state index contributed by atoms with van der Waals surface area (Å²) in [5, 5.41) is 3.28. The molecule has 26 heavy (non-hydrogen) atoms. The Morgan fingerprint density at radius 2 is 2.04 bits per heavy atom. The van der Waals surface area contributed by atoms with Crippen LogP contribution >= 0.6 is 11.3 Å². The highest BCUT2D eigenvalue weighted by atomic mass is 32.1. The van der Waals surface area contributed by atoms with E-state index in [1.807, 2.05) is 18.5 Å². The second kappa shape index (κ2) is 8.10. The van der Waals surface area contributed by atoms with Crippen LogP contribution in [0, 0.1) is 6.92 Å². The predicted molar refractivity (Wildman–Crippen MR) is 101 cm³/mol. The van der Waals surface area contributed by atoms with E-state index in [0.717, 1.165) is 63.2 Å². The predicted octanol–water partition coefficient (Wildman–Crippen LogP) is 1.95. The van der Waals surface area contributed by atoms with Gasteiger partial charge in [-0.1, -0.05) is 6.07 Å². The van der Waals surface area contributed by atoms with Crippen molar-refractivity contribution in [3.05, 3.63) is 46.2 Å². The molecule has 6 nitrogen and oxygen atoms in total. The second-order valence-electron chi connectivity index (χ2n) is 7.22. The van der Waals surface area contributed by atoms with E-state index in [1.165, 1.54) is 5.56 Å². The molecule has 2 aromatic rings. The number of aryl methyl sites for hydroxylation is 1. The molecule has 0 aromatic carbocycles. The van der Waals surface area contributed by atoms with Gasteiger partial charge in [-0.2, -0.15) is 0 Å². The maximum absolute atomic E-state index is 6.29. The van der Waals surface area contributed by atoms with E-state index in [1.54, 1.807) is 11.3 Å². The smallest absolute Gasteiger partial charge is 0.117 e. The van der Waals surface area contributed by atoms with Gasteiger partial charge >= 0.3 is 0 Å². The number of nitrogens with zero attached hydrogens (tertiary/aromatic N) is 4. The zero-order valence-electron chi connectivity index (χ0n) is 15.3. The van der Waals surface area contributed by atoms with Crippen LogP contribution in [0.1, 0.15) is 16.3 Å². The van der Waals surface area contributed by atoms with Crippen molar-refractivity contribution >= 4 is 11.3 Å². The van der Waals surface area contributed by atoms with Crippen molar-refractivity contribution in [1.82, 2.24) is 19.8 Å². The molecular weight excluding hydrogens is 348 g/mol. The highest BCUT2D eigenvalue weighted by Crippen LogP contribution is 2.25. The van der Waals surface area contributed by atoms with Crippen LogP contribution in [0.15, 0.2) is 29.9 Å². The van der Waals surface area contributed by atoms with E-state index in [-0.39, 0.29) is 5.60 Å². The van der Waals surface area contributed by atoms with E-state index in [4.69, 9.17) is 9.47 Å². The van der Waals surface area contributed by atoms with E-state index in [9.17, 15) is 0 Å². The Balaban J connectivity index is 1.43. The number of morpholine rings is 1.